The van der Waals surface area contributed by atoms with E-state index in [9.17, 15) is 9.18 Å². The van der Waals surface area contributed by atoms with Crippen molar-refractivity contribution >= 4 is 17.7 Å². The first-order chi connectivity index (χ1) is 8.70. The Morgan fingerprint density at radius 3 is 2.89 bits per heavy atom. The van der Waals surface area contributed by atoms with E-state index in [0.29, 0.717) is 5.95 Å². The van der Waals surface area contributed by atoms with Gasteiger partial charge in [-0.1, -0.05) is 0 Å². The summed E-state index contributed by atoms with van der Waals surface area (Å²) >= 11 is 0. The fourth-order valence-electron chi connectivity index (χ4n) is 1.85. The van der Waals surface area contributed by atoms with E-state index in [-0.39, 0.29) is 18.3 Å². The molecule has 2 N–H and O–H groups in total. The summed E-state index contributed by atoms with van der Waals surface area (Å²) in [6, 6.07) is 0. The molecule has 0 bridgehead atoms. The lowest BCUT2D eigenvalue weighted by Crippen LogP contribution is -2.33. The number of aromatic nitrogens is 2. The first kappa shape index (κ1) is 12.5. The van der Waals surface area contributed by atoms with E-state index in [0.717, 1.165) is 32.1 Å². The second-order valence-corrected chi connectivity index (χ2v) is 4.08. The number of likely N-dealkylation sites (tertiary alicyclic amines) is 1. The number of nitrogens with one attached hydrogen (secondary N) is 2. The third kappa shape index (κ3) is 2.85. The Kier molecular flexibility index (Phi) is 3.91. The fraction of sp³-hybridized carbons (Fsp3) is 0.545. The van der Waals surface area contributed by atoms with Crippen molar-refractivity contribution in [2.45, 2.75) is 12.8 Å². The van der Waals surface area contributed by atoms with E-state index in [4.69, 9.17) is 0 Å². The summed E-state index contributed by atoms with van der Waals surface area (Å²) in [5.74, 6) is -0.242. The van der Waals surface area contributed by atoms with Gasteiger partial charge >= 0.3 is 0 Å². The zero-order valence-electron chi connectivity index (χ0n) is 10.2. The molecule has 1 amide bonds. The molecule has 1 fully saturated rings. The number of anilines is 2. The van der Waals surface area contributed by atoms with Gasteiger partial charge in [0.15, 0.2) is 11.6 Å². The zero-order chi connectivity index (χ0) is 13.0. The van der Waals surface area contributed by atoms with Gasteiger partial charge in [-0.05, 0) is 12.8 Å². The van der Waals surface area contributed by atoms with E-state index >= 15 is 0 Å². The van der Waals surface area contributed by atoms with E-state index in [2.05, 4.69) is 20.6 Å². The minimum atomic E-state index is -0.566. The highest BCUT2D eigenvalue weighted by atomic mass is 19.1. The van der Waals surface area contributed by atoms with Crippen molar-refractivity contribution in [2.75, 3.05) is 37.3 Å². The molecule has 0 unspecified atom stereocenters. The largest absolute Gasteiger partial charge is 0.358 e. The molecule has 7 heteroatoms. The van der Waals surface area contributed by atoms with Crippen molar-refractivity contribution in [2.24, 2.45) is 0 Å². The van der Waals surface area contributed by atoms with E-state index in [1.165, 1.54) is 0 Å². The van der Waals surface area contributed by atoms with Crippen LogP contribution in [0.15, 0.2) is 6.20 Å². The van der Waals surface area contributed by atoms with Gasteiger partial charge in [0.25, 0.3) is 0 Å². The van der Waals surface area contributed by atoms with Crippen LogP contribution in [0.4, 0.5) is 16.2 Å². The van der Waals surface area contributed by atoms with Gasteiger partial charge in [-0.15, -0.1) is 0 Å². The average molecular weight is 253 g/mol. The number of carbonyl (C=O) groups excluding carboxylic acids is 1. The lowest BCUT2D eigenvalue weighted by molar-refractivity contribution is -0.128. The van der Waals surface area contributed by atoms with Crippen molar-refractivity contribution in [1.82, 2.24) is 14.9 Å². The molecule has 0 spiro atoms. The second-order valence-electron chi connectivity index (χ2n) is 4.08. The molecule has 1 aliphatic rings. The maximum absolute atomic E-state index is 13.4. The van der Waals surface area contributed by atoms with Crippen LogP contribution in [0.5, 0.6) is 0 Å². The van der Waals surface area contributed by atoms with Crippen LogP contribution in [0.1, 0.15) is 12.8 Å². The number of nitrogens with zero attached hydrogens (tertiary/aromatic N) is 3. The molecule has 6 nitrogen and oxygen atoms in total. The highest BCUT2D eigenvalue weighted by Gasteiger charge is 2.18. The van der Waals surface area contributed by atoms with Crippen LogP contribution >= 0.6 is 0 Å². The summed E-state index contributed by atoms with van der Waals surface area (Å²) in [5.41, 5.74) is 0. The van der Waals surface area contributed by atoms with Gasteiger partial charge in [-0.25, -0.2) is 9.37 Å². The lowest BCUT2D eigenvalue weighted by atomic mass is 10.4. The van der Waals surface area contributed by atoms with Gasteiger partial charge in [0.05, 0.1) is 12.7 Å². The molecule has 1 aromatic heterocycles. The van der Waals surface area contributed by atoms with Gasteiger partial charge in [0.1, 0.15) is 0 Å². The Balaban J connectivity index is 1.94. The quantitative estimate of drug-likeness (QED) is 0.826. The predicted molar refractivity (Wildman–Crippen MR) is 65.8 cm³/mol. The number of amides is 1. The van der Waals surface area contributed by atoms with Gasteiger partial charge in [0, 0.05) is 20.1 Å². The maximum atomic E-state index is 13.4. The molecule has 1 aliphatic heterocycles. The van der Waals surface area contributed by atoms with Crippen LogP contribution in [0, 0.1) is 5.82 Å². The molecular weight excluding hydrogens is 237 g/mol. The van der Waals surface area contributed by atoms with Crippen LogP contribution in [-0.2, 0) is 4.79 Å². The van der Waals surface area contributed by atoms with Crippen molar-refractivity contribution in [1.29, 1.82) is 0 Å². The van der Waals surface area contributed by atoms with Crippen LogP contribution in [-0.4, -0.2) is 47.5 Å². The molecule has 0 atom stereocenters. The minimum Gasteiger partial charge on any atom is -0.358 e. The molecule has 0 aromatic carbocycles. The smallest absolute Gasteiger partial charge is 0.241 e. The summed E-state index contributed by atoms with van der Waals surface area (Å²) in [5, 5.41) is 5.42. The van der Waals surface area contributed by atoms with Crippen LogP contribution in [0.25, 0.3) is 0 Å². The molecule has 98 valence electrons. The summed E-state index contributed by atoms with van der Waals surface area (Å²) in [7, 11) is 1.65. The van der Waals surface area contributed by atoms with E-state index < -0.39 is 5.82 Å². The lowest BCUT2D eigenvalue weighted by Gasteiger charge is -2.15. The molecule has 0 saturated carbocycles. The summed E-state index contributed by atoms with van der Waals surface area (Å²) < 4.78 is 13.4. The minimum absolute atomic E-state index is 0.0310. The van der Waals surface area contributed by atoms with Crippen molar-refractivity contribution in [3.05, 3.63) is 12.0 Å². The highest BCUT2D eigenvalue weighted by Crippen LogP contribution is 2.12. The van der Waals surface area contributed by atoms with Crippen LogP contribution in [0.2, 0.25) is 0 Å². The fourth-order valence-corrected chi connectivity index (χ4v) is 1.85. The Morgan fingerprint density at radius 1 is 1.50 bits per heavy atom. The molecular formula is C11H16FN5O. The summed E-state index contributed by atoms with van der Waals surface area (Å²) in [6.45, 7) is 1.63. The van der Waals surface area contributed by atoms with Gasteiger partial charge in [-0.2, -0.15) is 4.98 Å². The Labute approximate surface area is 105 Å². The Hall–Kier alpha value is -1.92. The maximum Gasteiger partial charge on any atom is 0.241 e. The molecule has 1 saturated heterocycles. The SMILES string of the molecule is CNc1ncc(F)c(NCC(=O)N2CCCC2)n1. The summed E-state index contributed by atoms with van der Waals surface area (Å²) in [4.78, 5) is 21.2. The number of carbonyl (C=O) groups is 1. The molecule has 2 rings (SSSR count). The van der Waals surface area contributed by atoms with E-state index in [1.54, 1.807) is 11.9 Å². The van der Waals surface area contributed by atoms with Gasteiger partial charge in [0.2, 0.25) is 11.9 Å². The monoisotopic (exact) mass is 253 g/mol. The molecule has 0 radical (unpaired) electrons. The zero-order valence-corrected chi connectivity index (χ0v) is 10.2. The van der Waals surface area contributed by atoms with Crippen molar-refractivity contribution in [3.8, 4) is 0 Å². The average Bonchev–Trinajstić information content (AvgIpc) is 2.91. The van der Waals surface area contributed by atoms with Gasteiger partial charge < -0.3 is 15.5 Å². The molecule has 18 heavy (non-hydrogen) atoms. The first-order valence-corrected chi connectivity index (χ1v) is 5.92. The first-order valence-electron chi connectivity index (χ1n) is 5.92. The Morgan fingerprint density at radius 2 is 2.22 bits per heavy atom. The highest BCUT2D eigenvalue weighted by molar-refractivity contribution is 5.80. The normalized spacial score (nSPS) is 14.7. The van der Waals surface area contributed by atoms with Gasteiger partial charge in [-0.3, -0.25) is 4.79 Å². The topological polar surface area (TPSA) is 70.2 Å². The standard InChI is InChI=1S/C11H16FN5O/c1-13-11-15-6-8(12)10(16-11)14-7-9(18)17-4-2-3-5-17/h6H,2-5,7H2,1H3,(H2,13,14,15,16). The number of hydrogen-bond donors (Lipinski definition) is 2. The Bertz CT molecular complexity index is 433. The predicted octanol–water partition coefficient (Wildman–Crippen LogP) is 0.692. The van der Waals surface area contributed by atoms with Crippen LogP contribution in [0.3, 0.4) is 0 Å². The summed E-state index contributed by atoms with van der Waals surface area (Å²) in [6.07, 6.45) is 3.15. The van der Waals surface area contributed by atoms with Crippen molar-refractivity contribution in [3.63, 3.8) is 0 Å². The van der Waals surface area contributed by atoms with Crippen LogP contribution < -0.4 is 10.6 Å². The molecule has 2 heterocycles. The number of rotatable bonds is 4. The molecule has 0 aliphatic carbocycles. The van der Waals surface area contributed by atoms with E-state index in [1.807, 2.05) is 0 Å². The second kappa shape index (κ2) is 5.61. The number of hydrogen-bond acceptors (Lipinski definition) is 5. The number of halogens is 1. The third-order valence-electron chi connectivity index (χ3n) is 2.83. The molecule has 1 aromatic rings. The van der Waals surface area contributed by atoms with Crippen molar-refractivity contribution < 1.29 is 9.18 Å². The third-order valence-corrected chi connectivity index (χ3v) is 2.83.